The molecule has 3 heteroatoms. The van der Waals surface area contributed by atoms with E-state index in [2.05, 4.69) is 0 Å². The monoisotopic (exact) mass is 227 g/mol. The van der Waals surface area contributed by atoms with Gasteiger partial charge in [0.15, 0.2) is 0 Å². The van der Waals surface area contributed by atoms with E-state index >= 15 is 0 Å². The van der Waals surface area contributed by atoms with Crippen molar-refractivity contribution in [3.63, 3.8) is 0 Å². The standard InChI is InChI=1S/C6H5Cl.C6H12O2/c7-6-4-2-1-3-5-6;1-4-6(2,3)5(7)8/h1-5H;4H2,1-3H3,(H,7,8)/p-1. The fourth-order valence-electron chi connectivity index (χ4n) is 0.559. The Morgan fingerprint density at radius 3 is 1.93 bits per heavy atom. The van der Waals surface area contributed by atoms with Gasteiger partial charge in [-0.25, -0.2) is 0 Å². The van der Waals surface area contributed by atoms with Gasteiger partial charge in [-0.15, -0.1) is 0 Å². The molecular weight excluding hydrogens is 212 g/mol. The first kappa shape index (κ1) is 14.0. The number of carboxylic acids is 1. The van der Waals surface area contributed by atoms with E-state index in [0.29, 0.717) is 6.42 Å². The van der Waals surface area contributed by atoms with Gasteiger partial charge in [0.25, 0.3) is 0 Å². The molecule has 0 saturated heterocycles. The highest BCUT2D eigenvalue weighted by Gasteiger charge is 2.14. The van der Waals surface area contributed by atoms with Crippen molar-refractivity contribution >= 4 is 17.6 Å². The van der Waals surface area contributed by atoms with E-state index in [1.54, 1.807) is 13.8 Å². The summed E-state index contributed by atoms with van der Waals surface area (Å²) in [6.45, 7) is 5.14. The van der Waals surface area contributed by atoms with E-state index in [1.807, 2.05) is 37.3 Å². The second-order valence-corrected chi connectivity index (χ2v) is 4.26. The molecule has 0 bridgehead atoms. The Balaban J connectivity index is 0.000000262. The highest BCUT2D eigenvalue weighted by atomic mass is 35.5. The van der Waals surface area contributed by atoms with Crippen LogP contribution in [0, 0.1) is 5.41 Å². The fraction of sp³-hybridized carbons (Fsp3) is 0.417. The smallest absolute Gasteiger partial charge is 0.0470 e. The highest BCUT2D eigenvalue weighted by Crippen LogP contribution is 2.17. The first-order chi connectivity index (χ1) is 6.90. The van der Waals surface area contributed by atoms with Gasteiger partial charge in [0.2, 0.25) is 0 Å². The molecule has 0 aliphatic carbocycles. The molecule has 15 heavy (non-hydrogen) atoms. The number of halogens is 1. The minimum Gasteiger partial charge on any atom is -0.550 e. The molecule has 0 heterocycles. The molecule has 0 fully saturated rings. The Labute approximate surface area is 95.9 Å². The molecule has 0 unspecified atom stereocenters. The summed E-state index contributed by atoms with van der Waals surface area (Å²) < 4.78 is 0. The zero-order valence-electron chi connectivity index (χ0n) is 9.29. The molecule has 2 nitrogen and oxygen atoms in total. The summed E-state index contributed by atoms with van der Waals surface area (Å²) in [6, 6.07) is 9.44. The third-order valence-corrected chi connectivity index (χ3v) is 2.42. The van der Waals surface area contributed by atoms with Gasteiger partial charge in [-0.1, -0.05) is 50.6 Å². The van der Waals surface area contributed by atoms with Crippen LogP contribution in [-0.2, 0) is 4.79 Å². The summed E-state index contributed by atoms with van der Waals surface area (Å²) in [6.07, 6.45) is 0.620. The number of rotatable bonds is 2. The lowest BCUT2D eigenvalue weighted by atomic mass is 9.91. The van der Waals surface area contributed by atoms with Crippen LogP contribution in [0.1, 0.15) is 27.2 Å². The van der Waals surface area contributed by atoms with Crippen LogP contribution in [-0.4, -0.2) is 5.97 Å². The number of benzene rings is 1. The minimum atomic E-state index is -0.972. The number of carbonyl (C=O) groups excluding carboxylic acids is 1. The molecule has 0 aliphatic rings. The average molecular weight is 228 g/mol. The Morgan fingerprint density at radius 1 is 1.33 bits per heavy atom. The van der Waals surface area contributed by atoms with E-state index in [0.717, 1.165) is 5.02 Å². The Kier molecular flexibility index (Phi) is 6.02. The van der Waals surface area contributed by atoms with E-state index in [-0.39, 0.29) is 0 Å². The second kappa shape index (κ2) is 6.46. The van der Waals surface area contributed by atoms with Crippen molar-refractivity contribution in [3.05, 3.63) is 35.4 Å². The first-order valence-corrected chi connectivity index (χ1v) is 5.20. The number of hydrogen-bond acceptors (Lipinski definition) is 2. The predicted octanol–water partition coefficient (Wildman–Crippen LogP) is 2.51. The lowest BCUT2D eigenvalue weighted by Crippen LogP contribution is -2.37. The molecule has 0 aromatic heterocycles. The van der Waals surface area contributed by atoms with Crippen molar-refractivity contribution in [3.8, 4) is 0 Å². The van der Waals surface area contributed by atoms with E-state index < -0.39 is 11.4 Å². The number of aliphatic carboxylic acids is 1. The number of carbonyl (C=O) groups is 1. The van der Waals surface area contributed by atoms with E-state index in [9.17, 15) is 9.90 Å². The zero-order valence-corrected chi connectivity index (χ0v) is 10.0. The summed E-state index contributed by atoms with van der Waals surface area (Å²) in [5.74, 6) is -0.972. The van der Waals surface area contributed by atoms with Crippen LogP contribution in [0.15, 0.2) is 30.3 Å². The van der Waals surface area contributed by atoms with E-state index in [4.69, 9.17) is 11.6 Å². The quantitative estimate of drug-likeness (QED) is 0.779. The Hall–Kier alpha value is -1.02. The Bertz CT molecular complexity index is 294. The van der Waals surface area contributed by atoms with E-state index in [1.165, 1.54) is 0 Å². The summed E-state index contributed by atoms with van der Waals surface area (Å²) in [5.41, 5.74) is -0.653. The second-order valence-electron chi connectivity index (χ2n) is 3.82. The maximum Gasteiger partial charge on any atom is 0.0470 e. The number of hydrogen-bond donors (Lipinski definition) is 0. The maximum atomic E-state index is 10.1. The molecule has 0 aliphatic heterocycles. The van der Waals surface area contributed by atoms with Crippen molar-refractivity contribution in [2.75, 3.05) is 0 Å². The van der Waals surface area contributed by atoms with Crippen molar-refractivity contribution in [1.29, 1.82) is 0 Å². The van der Waals surface area contributed by atoms with Crippen molar-refractivity contribution in [1.82, 2.24) is 0 Å². The molecule has 0 radical (unpaired) electrons. The maximum absolute atomic E-state index is 10.1. The molecule has 1 aromatic rings. The normalized spacial score (nSPS) is 10.1. The van der Waals surface area contributed by atoms with Crippen LogP contribution in [0.3, 0.4) is 0 Å². The van der Waals surface area contributed by atoms with Gasteiger partial charge in [0.1, 0.15) is 0 Å². The molecule has 1 rings (SSSR count). The molecule has 1 aromatic carbocycles. The first-order valence-electron chi connectivity index (χ1n) is 4.82. The largest absolute Gasteiger partial charge is 0.550 e. The van der Waals surface area contributed by atoms with Crippen LogP contribution >= 0.6 is 11.6 Å². The van der Waals surface area contributed by atoms with Crippen LogP contribution in [0.2, 0.25) is 5.02 Å². The predicted molar refractivity (Wildman–Crippen MR) is 60.5 cm³/mol. The van der Waals surface area contributed by atoms with Gasteiger partial charge in [0.05, 0.1) is 0 Å². The minimum absolute atomic E-state index is 0.620. The average Bonchev–Trinajstić information content (AvgIpc) is 2.19. The molecule has 0 atom stereocenters. The topological polar surface area (TPSA) is 40.1 Å². The van der Waals surface area contributed by atoms with Gasteiger partial charge in [-0.3, -0.25) is 0 Å². The lowest BCUT2D eigenvalue weighted by molar-refractivity contribution is -0.317. The van der Waals surface area contributed by atoms with Gasteiger partial charge in [0, 0.05) is 16.4 Å². The number of carboxylic acid groups (broad SMARTS) is 1. The summed E-state index contributed by atoms with van der Waals surface area (Å²) in [7, 11) is 0. The van der Waals surface area contributed by atoms with Crippen molar-refractivity contribution in [2.45, 2.75) is 27.2 Å². The molecule has 84 valence electrons. The SMILES string of the molecule is CCC(C)(C)C(=O)[O-].Clc1ccccc1. The molecule has 0 spiro atoms. The summed E-state index contributed by atoms with van der Waals surface area (Å²) in [4.78, 5) is 10.1. The van der Waals surface area contributed by atoms with Crippen LogP contribution in [0.25, 0.3) is 0 Å². The van der Waals surface area contributed by atoms with Crippen molar-refractivity contribution < 1.29 is 9.90 Å². The zero-order chi connectivity index (χ0) is 11.9. The third kappa shape index (κ3) is 6.13. The molecule has 0 amide bonds. The molecule has 0 saturated carbocycles. The molecule has 0 N–H and O–H groups in total. The van der Waals surface area contributed by atoms with Crippen molar-refractivity contribution in [2.24, 2.45) is 5.41 Å². The summed E-state index contributed by atoms with van der Waals surface area (Å²) >= 11 is 5.54. The summed E-state index contributed by atoms with van der Waals surface area (Å²) in [5, 5.41) is 10.9. The third-order valence-electron chi connectivity index (χ3n) is 2.17. The van der Waals surface area contributed by atoms with Crippen LogP contribution in [0.5, 0.6) is 0 Å². The van der Waals surface area contributed by atoms with Gasteiger partial charge >= 0.3 is 0 Å². The van der Waals surface area contributed by atoms with Crippen LogP contribution < -0.4 is 5.11 Å². The highest BCUT2D eigenvalue weighted by molar-refractivity contribution is 6.30. The molecular formula is C12H16ClO2-. The van der Waals surface area contributed by atoms with Crippen LogP contribution in [0.4, 0.5) is 0 Å². The van der Waals surface area contributed by atoms with Gasteiger partial charge in [-0.05, 0) is 18.6 Å². The van der Waals surface area contributed by atoms with Gasteiger partial charge < -0.3 is 9.90 Å². The lowest BCUT2D eigenvalue weighted by Gasteiger charge is -2.22. The Morgan fingerprint density at radius 2 is 1.80 bits per heavy atom. The van der Waals surface area contributed by atoms with Gasteiger partial charge in [-0.2, -0.15) is 0 Å². The fourth-order valence-corrected chi connectivity index (χ4v) is 0.704.